The summed E-state index contributed by atoms with van der Waals surface area (Å²) in [7, 11) is -3.69. The van der Waals surface area contributed by atoms with Gasteiger partial charge in [-0.1, -0.05) is 52.4 Å². The summed E-state index contributed by atoms with van der Waals surface area (Å²) in [6.45, 7) is 0. The van der Waals surface area contributed by atoms with E-state index in [0.717, 1.165) is 0 Å². The van der Waals surface area contributed by atoms with Crippen molar-refractivity contribution in [1.82, 2.24) is 0 Å². The maximum Gasteiger partial charge on any atom is 0.197 e. The quantitative estimate of drug-likeness (QED) is 0.430. The Kier molecular flexibility index (Phi) is 4.82. The third-order valence-corrected chi connectivity index (χ3v) is 7.19. The molecule has 3 nitrogen and oxygen atoms in total. The van der Waals surface area contributed by atoms with Crippen LogP contribution in [0.3, 0.4) is 0 Å². The number of carbonyl (C=O) groups is 1. The fourth-order valence-corrected chi connectivity index (χ4v) is 4.18. The second-order valence-electron chi connectivity index (χ2n) is 4.05. The molecule has 104 valence electrons. The fourth-order valence-electron chi connectivity index (χ4n) is 1.62. The highest BCUT2D eigenvalue weighted by molar-refractivity contribution is 14.1. The predicted octanol–water partition coefficient (Wildman–Crippen LogP) is 3.76. The molecule has 0 radical (unpaired) electrons. The van der Waals surface area contributed by atoms with Gasteiger partial charge in [0.1, 0.15) is 0 Å². The van der Waals surface area contributed by atoms with Crippen molar-refractivity contribution >= 4 is 49.8 Å². The molecule has 0 fully saturated rings. The molecule has 1 unspecified atom stereocenters. The summed E-state index contributed by atoms with van der Waals surface area (Å²) in [6.07, 6.45) is 0. The van der Waals surface area contributed by atoms with E-state index in [4.69, 9.17) is 11.6 Å². The standard InChI is InChI=1S/C14H10ClIO3S/c15-11-8-6-10(7-9-11)13(17)14(16)20(18,19)12-4-2-1-3-5-12/h1-9,14H. The van der Waals surface area contributed by atoms with Crippen LogP contribution in [-0.2, 0) is 9.84 Å². The number of benzene rings is 2. The van der Waals surface area contributed by atoms with Crippen LogP contribution in [0.1, 0.15) is 10.4 Å². The van der Waals surface area contributed by atoms with Gasteiger partial charge in [0.2, 0.25) is 0 Å². The second kappa shape index (κ2) is 6.24. The van der Waals surface area contributed by atoms with E-state index >= 15 is 0 Å². The first-order valence-electron chi connectivity index (χ1n) is 5.66. The molecule has 6 heteroatoms. The molecule has 2 aromatic rings. The van der Waals surface area contributed by atoms with E-state index in [2.05, 4.69) is 0 Å². The Morgan fingerprint density at radius 3 is 2.10 bits per heavy atom. The number of halogens is 2. The number of Topliss-reactive ketones (excluding diaryl/α,β-unsaturated/α-hetero) is 1. The molecular weight excluding hydrogens is 411 g/mol. The Morgan fingerprint density at radius 2 is 1.55 bits per heavy atom. The normalized spacial score (nSPS) is 12.9. The van der Waals surface area contributed by atoms with Crippen LogP contribution in [0.4, 0.5) is 0 Å². The average Bonchev–Trinajstić information content (AvgIpc) is 2.47. The zero-order valence-corrected chi connectivity index (χ0v) is 13.9. The summed E-state index contributed by atoms with van der Waals surface area (Å²) in [5.74, 6) is -0.453. The number of alkyl halides is 1. The smallest absolute Gasteiger partial charge is 0.197 e. The lowest BCUT2D eigenvalue weighted by Gasteiger charge is -2.10. The van der Waals surface area contributed by atoms with Gasteiger partial charge in [-0.2, -0.15) is 0 Å². The van der Waals surface area contributed by atoms with Crippen LogP contribution in [0, 0.1) is 0 Å². The first-order chi connectivity index (χ1) is 9.43. The van der Waals surface area contributed by atoms with E-state index in [1.807, 2.05) is 0 Å². The predicted molar refractivity (Wildman–Crippen MR) is 87.2 cm³/mol. The molecule has 0 aromatic heterocycles. The van der Waals surface area contributed by atoms with E-state index in [-0.39, 0.29) is 4.90 Å². The molecule has 2 rings (SSSR count). The summed E-state index contributed by atoms with van der Waals surface area (Å²) in [6, 6.07) is 14.1. The molecule has 0 N–H and O–H groups in total. The molecule has 0 aliphatic rings. The molecule has 1 atom stereocenters. The largest absolute Gasteiger partial charge is 0.292 e. The van der Waals surface area contributed by atoms with Gasteiger partial charge in [-0.3, -0.25) is 4.79 Å². The minimum atomic E-state index is -3.69. The molecule has 0 bridgehead atoms. The Hall–Kier alpha value is -0.920. The summed E-state index contributed by atoms with van der Waals surface area (Å²) in [4.78, 5) is 12.4. The molecule has 20 heavy (non-hydrogen) atoms. The molecular formula is C14H10ClIO3S. The number of hydrogen-bond donors (Lipinski definition) is 0. The summed E-state index contributed by atoms with van der Waals surface area (Å²) >= 11 is 7.41. The third-order valence-electron chi connectivity index (χ3n) is 2.68. The summed E-state index contributed by atoms with van der Waals surface area (Å²) in [5.41, 5.74) is 0.327. The first-order valence-corrected chi connectivity index (χ1v) is 8.83. The maximum atomic E-state index is 12.4. The van der Waals surface area contributed by atoms with Gasteiger partial charge in [0, 0.05) is 10.6 Å². The van der Waals surface area contributed by atoms with Crippen LogP contribution in [0.25, 0.3) is 0 Å². The second-order valence-corrected chi connectivity index (χ2v) is 8.61. The van der Waals surface area contributed by atoms with E-state index in [9.17, 15) is 13.2 Å². The van der Waals surface area contributed by atoms with Crippen molar-refractivity contribution in [2.45, 2.75) is 8.15 Å². The lowest BCUT2D eigenvalue weighted by molar-refractivity contribution is 0.101. The number of rotatable bonds is 4. The van der Waals surface area contributed by atoms with Crippen LogP contribution in [0.5, 0.6) is 0 Å². The average molecular weight is 421 g/mol. The number of carbonyl (C=O) groups excluding carboxylic acids is 1. The SMILES string of the molecule is O=C(c1ccc(Cl)cc1)C(I)S(=O)(=O)c1ccccc1. The van der Waals surface area contributed by atoms with E-state index in [1.165, 1.54) is 24.3 Å². The lowest BCUT2D eigenvalue weighted by Crippen LogP contribution is -2.24. The topological polar surface area (TPSA) is 51.2 Å². The minimum Gasteiger partial charge on any atom is -0.292 e. The Labute approximate surface area is 136 Å². The number of hydrogen-bond acceptors (Lipinski definition) is 3. The van der Waals surface area contributed by atoms with Gasteiger partial charge in [0.05, 0.1) is 4.90 Å². The van der Waals surface area contributed by atoms with Gasteiger partial charge in [0.25, 0.3) is 0 Å². The van der Waals surface area contributed by atoms with Crippen molar-refractivity contribution in [3.8, 4) is 0 Å². The van der Waals surface area contributed by atoms with Crippen LogP contribution in [-0.4, -0.2) is 17.5 Å². The maximum absolute atomic E-state index is 12.4. The minimum absolute atomic E-state index is 0.140. The Morgan fingerprint density at radius 1 is 1.00 bits per heavy atom. The molecule has 0 aliphatic carbocycles. The molecule has 0 amide bonds. The third kappa shape index (κ3) is 3.21. The van der Waals surface area contributed by atoms with Crippen molar-refractivity contribution in [1.29, 1.82) is 0 Å². The van der Waals surface area contributed by atoms with Gasteiger partial charge >= 0.3 is 0 Å². The van der Waals surface area contributed by atoms with E-state index in [0.29, 0.717) is 10.6 Å². The number of sulfone groups is 1. The molecule has 0 heterocycles. The van der Waals surface area contributed by atoms with Crippen molar-refractivity contribution in [2.24, 2.45) is 0 Å². The summed E-state index contributed by atoms with van der Waals surface area (Å²) in [5, 5.41) is 0.498. The highest BCUT2D eigenvalue weighted by Gasteiger charge is 2.31. The highest BCUT2D eigenvalue weighted by Crippen LogP contribution is 2.24. The zero-order chi connectivity index (χ0) is 14.8. The molecule has 2 aromatic carbocycles. The van der Waals surface area contributed by atoms with Gasteiger partial charge in [-0.05, 0) is 36.4 Å². The van der Waals surface area contributed by atoms with E-state index < -0.39 is 18.9 Å². The monoisotopic (exact) mass is 420 g/mol. The molecule has 0 aliphatic heterocycles. The summed E-state index contributed by atoms with van der Waals surface area (Å²) < 4.78 is 23.6. The van der Waals surface area contributed by atoms with Crippen LogP contribution >= 0.6 is 34.2 Å². The highest BCUT2D eigenvalue weighted by atomic mass is 127. The van der Waals surface area contributed by atoms with Gasteiger partial charge in [-0.25, -0.2) is 8.42 Å². The first kappa shape index (κ1) is 15.5. The van der Waals surface area contributed by atoms with Crippen LogP contribution < -0.4 is 0 Å². The van der Waals surface area contributed by atoms with Crippen molar-refractivity contribution in [2.75, 3.05) is 0 Å². The lowest BCUT2D eigenvalue weighted by atomic mass is 10.1. The van der Waals surface area contributed by atoms with Crippen molar-refractivity contribution in [3.63, 3.8) is 0 Å². The van der Waals surface area contributed by atoms with E-state index in [1.54, 1.807) is 52.9 Å². The van der Waals surface area contributed by atoms with Crippen molar-refractivity contribution < 1.29 is 13.2 Å². The molecule has 0 spiro atoms. The molecule has 0 saturated heterocycles. The number of ketones is 1. The van der Waals surface area contributed by atoms with Gasteiger partial charge in [-0.15, -0.1) is 0 Å². The van der Waals surface area contributed by atoms with Crippen LogP contribution in [0.2, 0.25) is 5.02 Å². The molecule has 0 saturated carbocycles. The zero-order valence-electron chi connectivity index (χ0n) is 10.2. The fraction of sp³-hybridized carbons (Fsp3) is 0.0714. The Balaban J connectivity index is 2.33. The van der Waals surface area contributed by atoms with Crippen molar-refractivity contribution in [3.05, 3.63) is 65.2 Å². The van der Waals surface area contributed by atoms with Gasteiger partial charge in [0.15, 0.2) is 18.9 Å². The Bertz CT molecular complexity index is 712. The van der Waals surface area contributed by atoms with Crippen LogP contribution in [0.15, 0.2) is 59.5 Å². The van der Waals surface area contributed by atoms with Gasteiger partial charge < -0.3 is 0 Å².